The van der Waals surface area contributed by atoms with Gasteiger partial charge in [0.25, 0.3) is 10.0 Å². The van der Waals surface area contributed by atoms with E-state index in [1.807, 2.05) is 30.3 Å². The summed E-state index contributed by atoms with van der Waals surface area (Å²) >= 11 is 1.29. The molecule has 0 spiro atoms. The van der Waals surface area contributed by atoms with Crippen LogP contribution in [0.25, 0.3) is 0 Å². The van der Waals surface area contributed by atoms with Gasteiger partial charge in [-0.25, -0.2) is 8.42 Å². The zero-order valence-electron chi connectivity index (χ0n) is 14.2. The molecule has 7 heteroatoms. The number of hydrogen-bond acceptors (Lipinski definition) is 5. The van der Waals surface area contributed by atoms with E-state index in [-0.39, 0.29) is 17.5 Å². The Labute approximate surface area is 157 Å². The number of nitrogens with one attached hydrogen (secondary N) is 1. The van der Waals surface area contributed by atoms with Gasteiger partial charge < -0.3 is 5.32 Å². The molecule has 2 heterocycles. The van der Waals surface area contributed by atoms with Crippen molar-refractivity contribution < 1.29 is 13.2 Å². The molecule has 4 rings (SSSR count). The second kappa shape index (κ2) is 6.89. The van der Waals surface area contributed by atoms with Gasteiger partial charge in [0.1, 0.15) is 4.88 Å². The lowest BCUT2D eigenvalue weighted by molar-refractivity contribution is 0.104. The van der Waals surface area contributed by atoms with Crippen molar-refractivity contribution >= 4 is 32.8 Å². The van der Waals surface area contributed by atoms with Crippen molar-refractivity contribution in [2.75, 3.05) is 4.31 Å². The summed E-state index contributed by atoms with van der Waals surface area (Å²) in [7, 11) is -3.90. The first-order valence-electron chi connectivity index (χ1n) is 8.72. The highest BCUT2D eigenvalue weighted by atomic mass is 32.2. The molecule has 136 valence electrons. The molecular weight excluding hydrogens is 368 g/mol. The van der Waals surface area contributed by atoms with Gasteiger partial charge in [-0.1, -0.05) is 43.2 Å². The number of thiophene rings is 1. The minimum atomic E-state index is -3.90. The zero-order chi connectivity index (χ0) is 18.1. The summed E-state index contributed by atoms with van der Waals surface area (Å²) in [6.07, 6.45) is 5.72. The van der Waals surface area contributed by atoms with Crippen LogP contribution in [0.15, 0.2) is 52.9 Å². The monoisotopic (exact) mass is 388 g/mol. The van der Waals surface area contributed by atoms with E-state index in [0.29, 0.717) is 10.6 Å². The fourth-order valence-corrected chi connectivity index (χ4v) is 5.98. The number of ketones is 1. The van der Waals surface area contributed by atoms with Crippen LogP contribution >= 0.6 is 11.3 Å². The van der Waals surface area contributed by atoms with Crippen LogP contribution in [0.4, 0.5) is 5.69 Å². The van der Waals surface area contributed by atoms with Gasteiger partial charge in [0.2, 0.25) is 5.78 Å². The summed E-state index contributed by atoms with van der Waals surface area (Å²) in [5.41, 5.74) is 1.35. The molecule has 0 radical (unpaired) electrons. The van der Waals surface area contributed by atoms with Crippen LogP contribution in [-0.2, 0) is 16.6 Å². The lowest BCUT2D eigenvalue weighted by atomic mass is 10.2. The number of hydrogen-bond donors (Lipinski definition) is 1. The first kappa shape index (κ1) is 17.3. The Kier molecular flexibility index (Phi) is 4.58. The number of carbonyl (C=O) groups excluding carboxylic acids is 1. The number of nitrogens with zero attached hydrogens (tertiary/aromatic N) is 1. The Hall–Kier alpha value is -2.12. The fourth-order valence-electron chi connectivity index (χ4n) is 3.49. The quantitative estimate of drug-likeness (QED) is 0.812. The van der Waals surface area contributed by atoms with E-state index in [1.165, 1.54) is 21.8 Å². The van der Waals surface area contributed by atoms with Gasteiger partial charge in [-0.15, -0.1) is 11.3 Å². The van der Waals surface area contributed by atoms with E-state index in [9.17, 15) is 13.2 Å². The van der Waals surface area contributed by atoms with E-state index >= 15 is 0 Å². The Balaban J connectivity index is 1.72. The van der Waals surface area contributed by atoms with Crippen LogP contribution in [0.3, 0.4) is 0 Å². The number of Topliss-reactive ketones (excluding diaryl/α,β-unsaturated/α-hetero) is 1. The third-order valence-corrected chi connectivity index (χ3v) is 7.55. The third-order valence-electron chi connectivity index (χ3n) is 4.89. The molecule has 1 aromatic heterocycles. The molecule has 26 heavy (non-hydrogen) atoms. The highest BCUT2D eigenvalue weighted by molar-refractivity contribution is 7.97. The average molecular weight is 389 g/mol. The summed E-state index contributed by atoms with van der Waals surface area (Å²) in [6, 6.07) is 11.4. The van der Waals surface area contributed by atoms with Gasteiger partial charge in [-0.2, -0.15) is 0 Å². The van der Waals surface area contributed by atoms with E-state index in [0.717, 1.165) is 31.2 Å². The minimum Gasteiger partial charge on any atom is -0.387 e. The van der Waals surface area contributed by atoms with Crippen molar-refractivity contribution in [1.82, 2.24) is 5.32 Å². The second-order valence-corrected chi connectivity index (χ2v) is 9.36. The van der Waals surface area contributed by atoms with Crippen LogP contribution < -0.4 is 9.62 Å². The number of fused-ring (bicyclic) bond motifs is 1. The predicted octanol–water partition coefficient (Wildman–Crippen LogP) is 3.65. The molecule has 2 aliphatic rings. The lowest BCUT2D eigenvalue weighted by Gasteiger charge is -2.29. The Morgan fingerprint density at radius 3 is 2.62 bits per heavy atom. The molecule has 0 atom stereocenters. The maximum atomic E-state index is 13.2. The molecule has 1 aliphatic heterocycles. The third kappa shape index (κ3) is 3.05. The smallest absolute Gasteiger partial charge is 0.270 e. The molecule has 1 fully saturated rings. The number of sulfonamides is 1. The topological polar surface area (TPSA) is 66.5 Å². The van der Waals surface area contributed by atoms with Crippen molar-refractivity contribution in [3.05, 3.63) is 63.3 Å². The standard InChI is InChI=1S/C19H20N2O3S2/c22-18-17(12-20-15-8-4-5-9-15)26(23,24)21(16-10-11-25-19(16)18)13-14-6-2-1-3-7-14/h1-3,6-7,10-12,15,20H,4-5,8-9,13H2. The number of benzene rings is 1. The van der Waals surface area contributed by atoms with Gasteiger partial charge in [0.15, 0.2) is 4.91 Å². The fraction of sp³-hybridized carbons (Fsp3) is 0.316. The molecule has 0 unspecified atom stereocenters. The summed E-state index contributed by atoms with van der Waals surface area (Å²) in [5, 5.41) is 4.93. The number of carbonyl (C=O) groups is 1. The van der Waals surface area contributed by atoms with E-state index in [1.54, 1.807) is 11.4 Å². The number of anilines is 1. The normalized spacial score (nSPS) is 21.2. The van der Waals surface area contributed by atoms with Crippen molar-refractivity contribution in [3.8, 4) is 0 Å². The molecule has 5 nitrogen and oxygen atoms in total. The molecule has 0 bridgehead atoms. The molecule has 0 amide bonds. The molecular formula is C19H20N2O3S2. The van der Waals surface area contributed by atoms with Gasteiger partial charge in [-0.3, -0.25) is 9.10 Å². The molecule has 1 aliphatic carbocycles. The highest BCUT2D eigenvalue weighted by Crippen LogP contribution is 2.39. The van der Waals surface area contributed by atoms with Crippen LogP contribution in [0.2, 0.25) is 0 Å². The summed E-state index contributed by atoms with van der Waals surface area (Å²) in [4.78, 5) is 13.1. The van der Waals surface area contributed by atoms with E-state index in [4.69, 9.17) is 0 Å². The van der Waals surface area contributed by atoms with E-state index in [2.05, 4.69) is 5.32 Å². The maximum absolute atomic E-state index is 13.2. The van der Waals surface area contributed by atoms with Crippen molar-refractivity contribution in [2.24, 2.45) is 0 Å². The van der Waals surface area contributed by atoms with Gasteiger partial charge >= 0.3 is 0 Å². The largest absolute Gasteiger partial charge is 0.387 e. The Morgan fingerprint density at radius 1 is 1.15 bits per heavy atom. The van der Waals surface area contributed by atoms with Crippen LogP contribution in [-0.4, -0.2) is 20.2 Å². The highest BCUT2D eigenvalue weighted by Gasteiger charge is 2.41. The minimum absolute atomic E-state index is 0.157. The van der Waals surface area contributed by atoms with Gasteiger partial charge in [0, 0.05) is 12.2 Å². The number of allylic oxidation sites excluding steroid dienone is 1. The summed E-state index contributed by atoms with van der Waals surface area (Å²) < 4.78 is 27.7. The SMILES string of the molecule is O=C1C(=CNC2CCCC2)S(=O)(=O)N(Cc2ccccc2)c2ccsc21. The first-order valence-corrected chi connectivity index (χ1v) is 11.0. The Morgan fingerprint density at radius 2 is 1.88 bits per heavy atom. The molecule has 2 aromatic rings. The van der Waals surface area contributed by atoms with Crippen LogP contribution in [0.5, 0.6) is 0 Å². The average Bonchev–Trinajstić information content (AvgIpc) is 3.31. The van der Waals surface area contributed by atoms with E-state index < -0.39 is 15.8 Å². The van der Waals surface area contributed by atoms with Crippen molar-refractivity contribution in [1.29, 1.82) is 0 Å². The molecule has 1 aromatic carbocycles. The van der Waals surface area contributed by atoms with Crippen molar-refractivity contribution in [2.45, 2.75) is 38.3 Å². The Bertz CT molecular complexity index is 942. The lowest BCUT2D eigenvalue weighted by Crippen LogP contribution is -2.39. The molecule has 1 saturated carbocycles. The van der Waals surface area contributed by atoms with Crippen LogP contribution in [0, 0.1) is 0 Å². The maximum Gasteiger partial charge on any atom is 0.270 e. The summed E-state index contributed by atoms with van der Waals surface area (Å²) in [6.45, 7) is 0.209. The number of rotatable bonds is 4. The predicted molar refractivity (Wildman–Crippen MR) is 104 cm³/mol. The second-order valence-electron chi connectivity index (χ2n) is 6.62. The first-order chi connectivity index (χ1) is 12.6. The van der Waals surface area contributed by atoms with Gasteiger partial charge in [0.05, 0.1) is 12.2 Å². The zero-order valence-corrected chi connectivity index (χ0v) is 15.9. The van der Waals surface area contributed by atoms with Crippen LogP contribution in [0.1, 0.15) is 40.9 Å². The van der Waals surface area contributed by atoms with Gasteiger partial charge in [-0.05, 0) is 29.9 Å². The summed E-state index contributed by atoms with van der Waals surface area (Å²) in [5.74, 6) is -0.412. The molecule has 0 saturated heterocycles. The van der Waals surface area contributed by atoms with Crippen molar-refractivity contribution in [3.63, 3.8) is 0 Å². The molecule has 1 N–H and O–H groups in total.